The van der Waals surface area contributed by atoms with Crippen LogP contribution in [0.5, 0.6) is 0 Å². The van der Waals surface area contributed by atoms with Crippen molar-refractivity contribution in [3.8, 4) is 6.07 Å². The number of rotatable bonds is 9. The molecule has 4 amide bonds. The number of nitrogens with one attached hydrogen (secondary N) is 3. The smallest absolute Gasteiger partial charge is 0.410 e. The zero-order chi connectivity index (χ0) is 36.7. The van der Waals surface area contributed by atoms with Crippen molar-refractivity contribution >= 4 is 75.3 Å². The van der Waals surface area contributed by atoms with Gasteiger partial charge in [-0.3, -0.25) is 14.4 Å². The average Bonchev–Trinajstić information content (AvgIpc) is 3.44. The van der Waals surface area contributed by atoms with Crippen molar-refractivity contribution in [2.75, 3.05) is 22.9 Å². The summed E-state index contributed by atoms with van der Waals surface area (Å²) in [6.07, 6.45) is 1.21. The molecule has 1 aliphatic rings. The Labute approximate surface area is 307 Å². The van der Waals surface area contributed by atoms with Crippen LogP contribution in [0.25, 0.3) is 6.08 Å². The minimum absolute atomic E-state index is 0.00105. The van der Waals surface area contributed by atoms with E-state index in [0.29, 0.717) is 39.7 Å². The van der Waals surface area contributed by atoms with E-state index in [1.54, 1.807) is 80.3 Å². The minimum atomic E-state index is -0.727. The number of anilines is 2. The van der Waals surface area contributed by atoms with Gasteiger partial charge in [-0.15, -0.1) is 23.1 Å². The molecule has 14 heteroatoms. The molecule has 262 valence electrons. The molecule has 0 fully saturated rings. The van der Waals surface area contributed by atoms with Gasteiger partial charge >= 0.3 is 6.09 Å². The Balaban J connectivity index is 1.25. The molecule has 3 N–H and O–H groups in total. The second kappa shape index (κ2) is 16.2. The molecule has 5 rings (SSSR count). The van der Waals surface area contributed by atoms with Gasteiger partial charge in [0, 0.05) is 33.1 Å². The van der Waals surface area contributed by atoms with Gasteiger partial charge in [0.05, 0.1) is 22.9 Å². The van der Waals surface area contributed by atoms with E-state index >= 15 is 0 Å². The number of hydrogen-bond acceptors (Lipinski definition) is 8. The maximum atomic E-state index is 14.7. The van der Waals surface area contributed by atoms with Crippen LogP contribution in [0.3, 0.4) is 0 Å². The quantitative estimate of drug-likeness (QED) is 0.117. The van der Waals surface area contributed by atoms with Gasteiger partial charge in [-0.25, -0.2) is 9.18 Å². The molecular weight excluding hydrogens is 713 g/mol. The Morgan fingerprint density at radius 2 is 1.80 bits per heavy atom. The maximum absolute atomic E-state index is 14.7. The van der Waals surface area contributed by atoms with E-state index in [4.69, 9.17) is 16.3 Å². The fourth-order valence-corrected chi connectivity index (χ4v) is 7.20. The highest BCUT2D eigenvalue weighted by atomic mass is 35.5. The number of fused-ring (bicyclic) bond motifs is 1. The lowest BCUT2D eigenvalue weighted by Crippen LogP contribution is -2.39. The van der Waals surface area contributed by atoms with Crippen molar-refractivity contribution in [1.29, 1.82) is 5.26 Å². The molecule has 1 aromatic heterocycles. The third-order valence-electron chi connectivity index (χ3n) is 7.35. The second-order valence-corrected chi connectivity index (χ2v) is 14.9. The molecule has 2 heterocycles. The summed E-state index contributed by atoms with van der Waals surface area (Å²) in [6.45, 7) is 6.08. The summed E-state index contributed by atoms with van der Waals surface area (Å²) >= 11 is 8.68. The number of nitriles is 1. The normalized spacial score (nSPS) is 12.7. The summed E-state index contributed by atoms with van der Waals surface area (Å²) in [6, 6.07) is 21.3. The first-order valence-electron chi connectivity index (χ1n) is 15.7. The van der Waals surface area contributed by atoms with E-state index in [1.165, 1.54) is 47.4 Å². The van der Waals surface area contributed by atoms with Gasteiger partial charge in [-0.2, -0.15) is 5.26 Å². The van der Waals surface area contributed by atoms with Crippen molar-refractivity contribution in [2.24, 2.45) is 0 Å². The number of carbonyl (C=O) groups is 4. The van der Waals surface area contributed by atoms with Gasteiger partial charge in [0.25, 0.3) is 11.8 Å². The minimum Gasteiger partial charge on any atom is -0.444 e. The number of hydrogen-bond donors (Lipinski definition) is 3. The van der Waals surface area contributed by atoms with Gasteiger partial charge in [-0.1, -0.05) is 41.9 Å². The number of ether oxygens (including phenoxy) is 1. The lowest BCUT2D eigenvalue weighted by atomic mass is 10.0. The molecule has 0 unspecified atom stereocenters. The summed E-state index contributed by atoms with van der Waals surface area (Å²) < 4.78 is 20.1. The summed E-state index contributed by atoms with van der Waals surface area (Å²) in [4.78, 5) is 55.1. The third kappa shape index (κ3) is 9.76. The number of halogens is 2. The molecule has 10 nitrogen and oxygen atoms in total. The van der Waals surface area contributed by atoms with Crippen LogP contribution in [0, 0.1) is 17.1 Å². The number of nitrogens with zero attached hydrogens (tertiary/aromatic N) is 2. The molecule has 0 atom stereocenters. The van der Waals surface area contributed by atoms with Gasteiger partial charge in [0.2, 0.25) is 5.91 Å². The van der Waals surface area contributed by atoms with Crippen molar-refractivity contribution < 1.29 is 28.3 Å². The van der Waals surface area contributed by atoms with Gasteiger partial charge in [0.15, 0.2) is 0 Å². The first kappa shape index (κ1) is 37.1. The predicted octanol–water partition coefficient (Wildman–Crippen LogP) is 7.85. The average molecular weight is 746 g/mol. The molecule has 4 aromatic rings. The molecule has 0 saturated carbocycles. The largest absolute Gasteiger partial charge is 0.444 e. The number of thiophene rings is 1. The van der Waals surface area contributed by atoms with E-state index in [2.05, 4.69) is 22.0 Å². The Morgan fingerprint density at radius 1 is 1.06 bits per heavy atom. The highest BCUT2D eigenvalue weighted by Gasteiger charge is 2.30. The summed E-state index contributed by atoms with van der Waals surface area (Å²) in [5.41, 5.74) is 0.914. The first-order chi connectivity index (χ1) is 24.3. The van der Waals surface area contributed by atoms with E-state index in [-0.39, 0.29) is 34.5 Å². The van der Waals surface area contributed by atoms with Crippen LogP contribution in [0.2, 0.25) is 5.02 Å². The molecule has 1 aliphatic heterocycles. The molecule has 0 saturated heterocycles. The summed E-state index contributed by atoms with van der Waals surface area (Å²) in [7, 11) is 0. The van der Waals surface area contributed by atoms with Crippen LogP contribution in [-0.4, -0.2) is 46.6 Å². The number of carbonyl (C=O) groups excluding carboxylic acids is 4. The number of thioether (sulfide) groups is 1. The van der Waals surface area contributed by atoms with Crippen LogP contribution in [0.15, 0.2) is 83.4 Å². The van der Waals surface area contributed by atoms with Crippen molar-refractivity contribution in [2.45, 2.75) is 44.2 Å². The third-order valence-corrected chi connectivity index (χ3v) is 9.81. The van der Waals surface area contributed by atoms with Gasteiger partial charge < -0.3 is 25.6 Å². The Morgan fingerprint density at radius 3 is 2.51 bits per heavy atom. The topological polar surface area (TPSA) is 141 Å². The zero-order valence-electron chi connectivity index (χ0n) is 27.8. The summed E-state index contributed by atoms with van der Waals surface area (Å²) in [5, 5.41) is 18.5. The molecule has 0 spiro atoms. The fraction of sp³-hybridized carbons (Fsp3) is 0.216. The van der Waals surface area contributed by atoms with Crippen molar-refractivity contribution in [3.63, 3.8) is 0 Å². The Kier molecular flexibility index (Phi) is 11.8. The monoisotopic (exact) mass is 745 g/mol. The van der Waals surface area contributed by atoms with Crippen LogP contribution in [0.4, 0.5) is 19.9 Å². The molecule has 0 radical (unpaired) electrons. The second-order valence-electron chi connectivity index (χ2n) is 12.3. The lowest BCUT2D eigenvalue weighted by Gasteiger charge is -2.29. The molecular formula is C37H33ClFN5O5S2. The van der Waals surface area contributed by atoms with Gasteiger partial charge in [-0.05, 0) is 81.3 Å². The SMILES string of the molecule is CC(C)(C)OC(=O)N1CCc2c(sc(NC(=O)CSc3cccc(NC(=O)/C(=C\c4c(F)cccc4Cl)NC(=O)c4ccccc4)c3)c2C#N)C1. The first-order valence-corrected chi connectivity index (χ1v) is 17.9. The zero-order valence-corrected chi connectivity index (χ0v) is 30.2. The fourth-order valence-electron chi connectivity index (χ4n) is 5.00. The number of benzene rings is 3. The number of amides is 4. The molecule has 0 aliphatic carbocycles. The van der Waals surface area contributed by atoms with Crippen LogP contribution < -0.4 is 16.0 Å². The van der Waals surface area contributed by atoms with E-state index in [0.717, 1.165) is 10.4 Å². The molecule has 3 aromatic carbocycles. The lowest BCUT2D eigenvalue weighted by molar-refractivity contribution is -0.114. The van der Waals surface area contributed by atoms with Crippen LogP contribution >= 0.6 is 34.7 Å². The molecule has 51 heavy (non-hydrogen) atoms. The Hall–Kier alpha value is -5.16. The van der Waals surface area contributed by atoms with Crippen molar-refractivity contribution in [3.05, 3.63) is 116 Å². The highest BCUT2D eigenvalue weighted by molar-refractivity contribution is 8.00. The van der Waals surface area contributed by atoms with E-state index in [9.17, 15) is 28.8 Å². The van der Waals surface area contributed by atoms with E-state index < -0.39 is 29.3 Å². The van der Waals surface area contributed by atoms with Gasteiger partial charge in [0.1, 0.15) is 28.2 Å². The maximum Gasteiger partial charge on any atom is 0.410 e. The summed E-state index contributed by atoms with van der Waals surface area (Å²) in [5.74, 6) is -2.32. The van der Waals surface area contributed by atoms with Crippen molar-refractivity contribution in [1.82, 2.24) is 10.2 Å². The highest BCUT2D eigenvalue weighted by Crippen LogP contribution is 2.37. The molecule has 0 bridgehead atoms. The standard InChI is InChI=1S/C37H33ClFN5O5S2/c1-37(2,3)49-36(48)44-16-15-25-27(19-40)35(51-31(25)20-44)43-32(45)21-50-24-12-7-11-23(17-24)41-34(47)30(18-26-28(38)13-8-14-29(26)39)42-33(46)22-9-5-4-6-10-22/h4-14,17-18H,15-16,20-21H2,1-3H3,(H,41,47)(H,42,46)(H,43,45)/b30-18+. The predicted molar refractivity (Wildman–Crippen MR) is 197 cm³/mol. The van der Waals surface area contributed by atoms with Crippen LogP contribution in [-0.2, 0) is 27.3 Å². The Bertz CT molecular complexity index is 2040. The van der Waals surface area contributed by atoms with Crippen LogP contribution in [0.1, 0.15) is 52.7 Å². The van der Waals surface area contributed by atoms with E-state index in [1.807, 2.05) is 0 Å².